The Kier molecular flexibility index (Phi) is 4.02. The number of ether oxygens (including phenoxy) is 2. The smallest absolute Gasteiger partial charge is 0.231 e. The van der Waals surface area contributed by atoms with Crippen molar-refractivity contribution in [2.75, 3.05) is 6.79 Å². The van der Waals surface area contributed by atoms with Gasteiger partial charge in [0, 0.05) is 12.8 Å². The third kappa shape index (κ3) is 3.22. The normalized spacial score (nSPS) is 12.8. The maximum Gasteiger partial charge on any atom is 0.231 e. The summed E-state index contributed by atoms with van der Waals surface area (Å²) in [5.74, 6) is 2.01. The van der Waals surface area contributed by atoms with Crippen LogP contribution < -0.4 is 9.47 Å². The van der Waals surface area contributed by atoms with Gasteiger partial charge in [0.25, 0.3) is 0 Å². The highest BCUT2D eigenvalue weighted by atomic mass is 16.7. The number of ketones is 1. The molecule has 0 aromatic heterocycles. The highest BCUT2D eigenvalue weighted by molar-refractivity contribution is 5.78. The molecule has 17 heavy (non-hydrogen) atoms. The summed E-state index contributed by atoms with van der Waals surface area (Å²) >= 11 is 0. The lowest BCUT2D eigenvalue weighted by molar-refractivity contribution is -0.119. The second kappa shape index (κ2) is 5.71. The molecule has 3 nitrogen and oxygen atoms in total. The molecule has 0 N–H and O–H groups in total. The van der Waals surface area contributed by atoms with Crippen molar-refractivity contribution in [2.45, 2.75) is 39.0 Å². The van der Waals surface area contributed by atoms with E-state index in [-0.39, 0.29) is 0 Å². The van der Waals surface area contributed by atoms with E-state index in [2.05, 4.69) is 0 Å². The van der Waals surface area contributed by atoms with Crippen LogP contribution in [0.15, 0.2) is 18.2 Å². The van der Waals surface area contributed by atoms with E-state index in [0.29, 0.717) is 25.4 Å². The van der Waals surface area contributed by atoms with Crippen molar-refractivity contribution < 1.29 is 14.3 Å². The van der Waals surface area contributed by atoms with Crippen molar-refractivity contribution in [1.82, 2.24) is 0 Å². The van der Waals surface area contributed by atoms with Gasteiger partial charge in [-0.2, -0.15) is 0 Å². The molecule has 92 valence electrons. The van der Waals surface area contributed by atoms with Crippen molar-refractivity contribution in [1.29, 1.82) is 0 Å². The number of carbonyl (C=O) groups excluding carboxylic acids is 1. The first-order valence-electron chi connectivity index (χ1n) is 6.20. The van der Waals surface area contributed by atoms with Gasteiger partial charge in [0.1, 0.15) is 5.78 Å². The molecular weight excluding hydrogens is 216 g/mol. The lowest BCUT2D eigenvalue weighted by Crippen LogP contribution is -1.97. The maximum atomic E-state index is 11.4. The van der Waals surface area contributed by atoms with Gasteiger partial charge in [-0.05, 0) is 37.0 Å². The van der Waals surface area contributed by atoms with E-state index >= 15 is 0 Å². The zero-order chi connectivity index (χ0) is 12.1. The molecule has 0 atom stereocenters. The monoisotopic (exact) mass is 234 g/mol. The van der Waals surface area contributed by atoms with Crippen LogP contribution in [0.25, 0.3) is 0 Å². The predicted octanol–water partition coefficient (Wildman–Crippen LogP) is 3.11. The molecule has 0 unspecified atom stereocenters. The number of aryl methyl sites for hydroxylation is 1. The van der Waals surface area contributed by atoms with Crippen LogP contribution in [0.1, 0.15) is 38.2 Å². The van der Waals surface area contributed by atoms with Crippen LogP contribution in [0.4, 0.5) is 0 Å². The number of hydrogen-bond donors (Lipinski definition) is 0. The molecule has 2 rings (SSSR count). The predicted molar refractivity (Wildman–Crippen MR) is 65.4 cm³/mol. The molecule has 1 aliphatic rings. The largest absolute Gasteiger partial charge is 0.454 e. The van der Waals surface area contributed by atoms with Crippen LogP contribution in [0.3, 0.4) is 0 Å². The van der Waals surface area contributed by atoms with Crippen LogP contribution in [0.5, 0.6) is 11.5 Å². The van der Waals surface area contributed by atoms with Crippen LogP contribution >= 0.6 is 0 Å². The first-order chi connectivity index (χ1) is 8.29. The molecule has 0 spiro atoms. The van der Waals surface area contributed by atoms with Gasteiger partial charge in [0.2, 0.25) is 6.79 Å². The van der Waals surface area contributed by atoms with Crippen LogP contribution in [0, 0.1) is 0 Å². The van der Waals surface area contributed by atoms with Crippen molar-refractivity contribution in [2.24, 2.45) is 0 Å². The topological polar surface area (TPSA) is 35.5 Å². The number of Topliss-reactive ketones (excluding diaryl/α,β-unsaturated/α-hetero) is 1. The Morgan fingerprint density at radius 2 is 2.06 bits per heavy atom. The maximum absolute atomic E-state index is 11.4. The van der Waals surface area contributed by atoms with Crippen LogP contribution in [-0.2, 0) is 11.2 Å². The van der Waals surface area contributed by atoms with Gasteiger partial charge >= 0.3 is 0 Å². The Bertz CT molecular complexity index is 398. The van der Waals surface area contributed by atoms with Crippen molar-refractivity contribution in [3.05, 3.63) is 23.8 Å². The third-order valence-electron chi connectivity index (χ3n) is 2.89. The van der Waals surface area contributed by atoms with E-state index in [1.807, 2.05) is 25.1 Å². The van der Waals surface area contributed by atoms with Crippen LogP contribution in [-0.4, -0.2) is 12.6 Å². The molecule has 1 aromatic rings. The number of hydrogen-bond acceptors (Lipinski definition) is 3. The van der Waals surface area contributed by atoms with Gasteiger partial charge in [0.15, 0.2) is 11.5 Å². The van der Waals surface area contributed by atoms with Gasteiger partial charge in [-0.15, -0.1) is 0 Å². The lowest BCUT2D eigenvalue weighted by atomic mass is 10.0. The SMILES string of the molecule is CCCC(=O)CCCc1ccc2c(c1)OCO2. The number of carbonyl (C=O) groups is 1. The van der Waals surface area contributed by atoms with Gasteiger partial charge in [-0.1, -0.05) is 13.0 Å². The summed E-state index contributed by atoms with van der Waals surface area (Å²) < 4.78 is 10.6. The summed E-state index contributed by atoms with van der Waals surface area (Å²) in [4.78, 5) is 11.4. The van der Waals surface area contributed by atoms with E-state index in [9.17, 15) is 4.79 Å². The van der Waals surface area contributed by atoms with Crippen molar-refractivity contribution in [3.63, 3.8) is 0 Å². The molecular formula is C14H18O3. The zero-order valence-corrected chi connectivity index (χ0v) is 10.2. The Hall–Kier alpha value is -1.51. The Labute approximate surface area is 102 Å². The summed E-state index contributed by atoms with van der Waals surface area (Å²) in [5, 5.41) is 0. The Balaban J connectivity index is 1.81. The average Bonchev–Trinajstić information content (AvgIpc) is 2.76. The zero-order valence-electron chi connectivity index (χ0n) is 10.2. The molecule has 1 aliphatic heterocycles. The molecule has 0 bridgehead atoms. The summed E-state index contributed by atoms with van der Waals surface area (Å²) in [5.41, 5.74) is 1.21. The molecule has 0 amide bonds. The Morgan fingerprint density at radius 1 is 1.24 bits per heavy atom. The van der Waals surface area contributed by atoms with E-state index in [4.69, 9.17) is 9.47 Å². The molecule has 0 saturated heterocycles. The fourth-order valence-corrected chi connectivity index (χ4v) is 1.99. The Morgan fingerprint density at radius 3 is 2.88 bits per heavy atom. The first kappa shape index (κ1) is 12.0. The molecule has 0 aliphatic carbocycles. The fourth-order valence-electron chi connectivity index (χ4n) is 1.99. The van der Waals surface area contributed by atoms with Gasteiger partial charge in [-0.3, -0.25) is 4.79 Å². The van der Waals surface area contributed by atoms with Gasteiger partial charge < -0.3 is 9.47 Å². The molecule has 0 saturated carbocycles. The summed E-state index contributed by atoms with van der Waals surface area (Å²) in [7, 11) is 0. The highest BCUT2D eigenvalue weighted by Crippen LogP contribution is 2.32. The minimum absolute atomic E-state index is 0.313. The minimum Gasteiger partial charge on any atom is -0.454 e. The van der Waals surface area contributed by atoms with Crippen LogP contribution in [0.2, 0.25) is 0 Å². The third-order valence-corrected chi connectivity index (χ3v) is 2.89. The fraction of sp³-hybridized carbons (Fsp3) is 0.500. The standard InChI is InChI=1S/C14H18O3/c1-2-4-12(15)6-3-5-11-7-8-13-14(9-11)17-10-16-13/h7-9H,2-6,10H2,1H3. The minimum atomic E-state index is 0.313. The highest BCUT2D eigenvalue weighted by Gasteiger charge is 2.12. The van der Waals surface area contributed by atoms with Crippen molar-refractivity contribution >= 4 is 5.78 Å². The summed E-state index contributed by atoms with van der Waals surface area (Å²) in [6, 6.07) is 5.98. The van der Waals surface area contributed by atoms with E-state index < -0.39 is 0 Å². The summed E-state index contributed by atoms with van der Waals surface area (Å²) in [6.07, 6.45) is 4.18. The molecule has 1 heterocycles. The lowest BCUT2D eigenvalue weighted by Gasteiger charge is -2.03. The van der Waals surface area contributed by atoms with Gasteiger partial charge in [-0.25, -0.2) is 0 Å². The number of rotatable bonds is 6. The number of fused-ring (bicyclic) bond motifs is 1. The van der Waals surface area contributed by atoms with E-state index in [0.717, 1.165) is 30.8 Å². The second-order valence-electron chi connectivity index (χ2n) is 4.33. The second-order valence-corrected chi connectivity index (χ2v) is 4.33. The van der Waals surface area contributed by atoms with E-state index in [1.54, 1.807) is 0 Å². The van der Waals surface area contributed by atoms with Gasteiger partial charge in [0.05, 0.1) is 0 Å². The number of benzene rings is 1. The molecule has 3 heteroatoms. The summed E-state index contributed by atoms with van der Waals surface area (Å²) in [6.45, 7) is 2.35. The molecule has 0 radical (unpaired) electrons. The molecule has 0 fully saturated rings. The first-order valence-corrected chi connectivity index (χ1v) is 6.20. The van der Waals surface area contributed by atoms with Crippen molar-refractivity contribution in [3.8, 4) is 11.5 Å². The van der Waals surface area contributed by atoms with E-state index in [1.165, 1.54) is 5.56 Å². The average molecular weight is 234 g/mol. The quantitative estimate of drug-likeness (QED) is 0.758. The molecule has 1 aromatic carbocycles.